The van der Waals surface area contributed by atoms with E-state index in [1.54, 1.807) is 11.3 Å². The van der Waals surface area contributed by atoms with Crippen molar-refractivity contribution in [2.45, 2.75) is 6.42 Å². The predicted octanol–water partition coefficient (Wildman–Crippen LogP) is 2.99. The third kappa shape index (κ3) is 2.86. The summed E-state index contributed by atoms with van der Waals surface area (Å²) in [7, 11) is 0. The van der Waals surface area contributed by atoms with Crippen molar-refractivity contribution in [2.75, 3.05) is 6.54 Å². The third-order valence-corrected chi connectivity index (χ3v) is 3.32. The van der Waals surface area contributed by atoms with Crippen LogP contribution in [-0.2, 0) is 6.42 Å². The van der Waals surface area contributed by atoms with Gasteiger partial charge in [0.05, 0.1) is 3.79 Å². The zero-order chi connectivity index (χ0) is 7.40. The lowest BCUT2D eigenvalue weighted by atomic mass is 10.3. The molecule has 1 aromatic rings. The second-order valence-electron chi connectivity index (χ2n) is 1.84. The van der Waals surface area contributed by atoms with Crippen molar-refractivity contribution in [2.24, 2.45) is 0 Å². The van der Waals surface area contributed by atoms with Crippen molar-refractivity contribution in [3.63, 3.8) is 0 Å². The van der Waals surface area contributed by atoms with Crippen molar-refractivity contribution in [1.29, 1.82) is 0 Å². The maximum absolute atomic E-state index is 3.42. The zero-order valence-corrected chi connectivity index (χ0v) is 9.79. The van der Waals surface area contributed by atoms with E-state index in [2.05, 4.69) is 54.5 Å². The molecule has 0 bridgehead atoms. The van der Waals surface area contributed by atoms with Crippen LogP contribution in [0.25, 0.3) is 0 Å². The van der Waals surface area contributed by atoms with E-state index >= 15 is 0 Å². The first-order valence-electron chi connectivity index (χ1n) is 2.90. The molecule has 0 spiro atoms. The number of nitrogens with one attached hydrogen (secondary N) is 1. The average Bonchev–Trinajstić information content (AvgIpc) is 2.31. The van der Waals surface area contributed by atoms with Crippen molar-refractivity contribution >= 4 is 50.1 Å². The van der Waals surface area contributed by atoms with Gasteiger partial charge in [0.15, 0.2) is 0 Å². The summed E-state index contributed by atoms with van der Waals surface area (Å²) in [5.41, 5.74) is 0. The van der Waals surface area contributed by atoms with E-state index in [-0.39, 0.29) is 0 Å². The van der Waals surface area contributed by atoms with Gasteiger partial charge in [0.1, 0.15) is 0 Å². The summed E-state index contributed by atoms with van der Waals surface area (Å²) in [5, 5.41) is 0. The first-order chi connectivity index (χ1) is 4.83. The number of hydrogen-bond acceptors (Lipinski definition) is 2. The Kier molecular flexibility index (Phi) is 4.20. The maximum atomic E-state index is 3.42. The van der Waals surface area contributed by atoms with Crippen molar-refractivity contribution in [3.05, 3.63) is 20.8 Å². The molecule has 1 aromatic heterocycles. The number of hydrogen-bond donors (Lipinski definition) is 1. The molecule has 0 amide bonds. The molecule has 0 saturated carbocycles. The number of halogens is 2. The molecule has 0 saturated heterocycles. The van der Waals surface area contributed by atoms with Gasteiger partial charge in [0, 0.05) is 34.3 Å². The summed E-state index contributed by atoms with van der Waals surface area (Å²) >= 11 is 7.39. The van der Waals surface area contributed by atoms with Crippen LogP contribution in [0.2, 0.25) is 0 Å². The summed E-state index contributed by atoms with van der Waals surface area (Å²) in [6, 6.07) is 4.25. The fourth-order valence-corrected chi connectivity index (χ4v) is 2.41. The maximum Gasteiger partial charge on any atom is 0.0701 e. The van der Waals surface area contributed by atoms with Crippen LogP contribution in [0.1, 0.15) is 4.88 Å². The summed E-state index contributed by atoms with van der Waals surface area (Å²) in [5.74, 6) is 0. The minimum atomic E-state index is 1.05. The molecule has 0 aromatic carbocycles. The van der Waals surface area contributed by atoms with E-state index in [9.17, 15) is 0 Å². The zero-order valence-electron chi connectivity index (χ0n) is 5.23. The lowest BCUT2D eigenvalue weighted by Gasteiger charge is -1.91. The Morgan fingerprint density at radius 3 is 2.90 bits per heavy atom. The smallest absolute Gasteiger partial charge is 0.0701 e. The molecule has 1 nitrogen and oxygen atoms in total. The fourth-order valence-electron chi connectivity index (χ4n) is 0.657. The quantitative estimate of drug-likeness (QED) is 0.663. The second-order valence-corrected chi connectivity index (χ2v) is 5.15. The van der Waals surface area contributed by atoms with E-state index in [0.717, 1.165) is 13.0 Å². The van der Waals surface area contributed by atoms with Gasteiger partial charge in [-0.05, 0) is 34.5 Å². The molecule has 0 radical (unpaired) electrons. The monoisotopic (exact) mass is 331 g/mol. The van der Waals surface area contributed by atoms with Gasteiger partial charge < -0.3 is 0 Å². The molecule has 0 aliphatic heterocycles. The molecule has 1 heterocycles. The second kappa shape index (κ2) is 4.69. The third-order valence-electron chi connectivity index (χ3n) is 1.09. The largest absolute Gasteiger partial charge is 0.261 e. The van der Waals surface area contributed by atoms with Crippen LogP contribution >= 0.6 is 50.1 Å². The van der Waals surface area contributed by atoms with Crippen molar-refractivity contribution < 1.29 is 0 Å². The van der Waals surface area contributed by atoms with E-state index in [1.165, 1.54) is 8.66 Å². The molecule has 4 heteroatoms. The van der Waals surface area contributed by atoms with Gasteiger partial charge in [0.2, 0.25) is 0 Å². The molecule has 0 atom stereocenters. The fraction of sp³-hybridized carbons (Fsp3) is 0.333. The van der Waals surface area contributed by atoms with E-state index in [0.29, 0.717) is 0 Å². The molecule has 0 fully saturated rings. The molecule has 56 valence electrons. The minimum absolute atomic E-state index is 1.05. The van der Waals surface area contributed by atoms with Gasteiger partial charge in [-0.25, -0.2) is 0 Å². The van der Waals surface area contributed by atoms with Crippen LogP contribution in [0.4, 0.5) is 0 Å². The molecule has 1 N–H and O–H groups in total. The Bertz CT molecular complexity index is 201. The SMILES string of the molecule is Brc1ccc(CCNI)s1. The highest BCUT2D eigenvalue weighted by atomic mass is 127. The highest BCUT2D eigenvalue weighted by Gasteiger charge is 1.95. The summed E-state index contributed by atoms with van der Waals surface area (Å²) < 4.78 is 4.31. The Hall–Kier alpha value is 0.870. The normalized spacial score (nSPS) is 10.2. The van der Waals surface area contributed by atoms with E-state index in [1.807, 2.05) is 0 Å². The van der Waals surface area contributed by atoms with Crippen molar-refractivity contribution in [1.82, 2.24) is 3.53 Å². The molecule has 0 aliphatic rings. The molecule has 0 unspecified atom stereocenters. The standard InChI is InChI=1S/C6H7BrINS/c7-6-2-1-5(10-6)3-4-9-8/h1-2,9H,3-4H2. The molecular formula is C6H7BrINS. The Morgan fingerprint density at radius 1 is 1.60 bits per heavy atom. The Balaban J connectivity index is 2.42. The van der Waals surface area contributed by atoms with Gasteiger partial charge in [0.25, 0.3) is 0 Å². The lowest BCUT2D eigenvalue weighted by molar-refractivity contribution is 0.949. The highest BCUT2D eigenvalue weighted by molar-refractivity contribution is 14.1. The Morgan fingerprint density at radius 2 is 2.40 bits per heavy atom. The van der Waals surface area contributed by atoms with E-state index in [4.69, 9.17) is 0 Å². The van der Waals surface area contributed by atoms with Crippen LogP contribution in [0.3, 0.4) is 0 Å². The first-order valence-corrected chi connectivity index (χ1v) is 5.59. The van der Waals surface area contributed by atoms with Gasteiger partial charge in [-0.15, -0.1) is 11.3 Å². The number of rotatable bonds is 3. The van der Waals surface area contributed by atoms with Crippen LogP contribution in [0.5, 0.6) is 0 Å². The molecule has 1 rings (SSSR count). The topological polar surface area (TPSA) is 12.0 Å². The van der Waals surface area contributed by atoms with Crippen molar-refractivity contribution in [3.8, 4) is 0 Å². The van der Waals surface area contributed by atoms with Crippen LogP contribution in [0, 0.1) is 0 Å². The van der Waals surface area contributed by atoms with Gasteiger partial charge in [-0.3, -0.25) is 3.53 Å². The van der Waals surface area contributed by atoms with Crippen LogP contribution < -0.4 is 3.53 Å². The van der Waals surface area contributed by atoms with Gasteiger partial charge in [-0.2, -0.15) is 0 Å². The average molecular weight is 332 g/mol. The first kappa shape index (κ1) is 8.96. The van der Waals surface area contributed by atoms with Crippen LogP contribution in [-0.4, -0.2) is 6.54 Å². The van der Waals surface area contributed by atoms with Gasteiger partial charge in [-0.1, -0.05) is 0 Å². The highest BCUT2D eigenvalue weighted by Crippen LogP contribution is 2.21. The summed E-state index contributed by atoms with van der Waals surface area (Å²) in [6.07, 6.45) is 1.12. The molecular weight excluding hydrogens is 325 g/mol. The van der Waals surface area contributed by atoms with E-state index < -0.39 is 0 Å². The predicted molar refractivity (Wildman–Crippen MR) is 57.7 cm³/mol. The molecule has 10 heavy (non-hydrogen) atoms. The van der Waals surface area contributed by atoms with Crippen LogP contribution in [0.15, 0.2) is 15.9 Å². The Labute approximate surface area is 86.8 Å². The summed E-state index contributed by atoms with van der Waals surface area (Å²) in [6.45, 7) is 1.05. The minimum Gasteiger partial charge on any atom is -0.261 e. The molecule has 0 aliphatic carbocycles. The lowest BCUT2D eigenvalue weighted by Crippen LogP contribution is -2.01. The summed E-state index contributed by atoms with van der Waals surface area (Å²) in [4.78, 5) is 1.43. The van der Waals surface area contributed by atoms with Gasteiger partial charge >= 0.3 is 0 Å². The number of thiophene rings is 1.